The number of hydrogen-bond acceptors (Lipinski definition) is 1. The molecule has 0 saturated heterocycles. The van der Waals surface area contributed by atoms with Crippen molar-refractivity contribution in [3.05, 3.63) is 112 Å². The second kappa shape index (κ2) is 12.6. The third-order valence-corrected chi connectivity index (χ3v) is 15.8. The van der Waals surface area contributed by atoms with E-state index in [9.17, 15) is 0 Å². The van der Waals surface area contributed by atoms with Crippen molar-refractivity contribution in [1.29, 1.82) is 0 Å². The van der Waals surface area contributed by atoms with Crippen molar-refractivity contribution in [3.8, 4) is 16.8 Å². The van der Waals surface area contributed by atoms with Crippen LogP contribution in [-0.4, -0.2) is 11.4 Å². The highest BCUT2D eigenvalue weighted by Crippen LogP contribution is 2.53. The first kappa shape index (κ1) is 38.0. The lowest BCUT2D eigenvalue weighted by atomic mass is 9.43. The van der Waals surface area contributed by atoms with Crippen LogP contribution in [-0.2, 0) is 28.1 Å². The maximum atomic E-state index is 2.79. The van der Waals surface area contributed by atoms with Crippen molar-refractivity contribution in [2.45, 2.75) is 162 Å². The van der Waals surface area contributed by atoms with E-state index in [4.69, 9.17) is 0 Å². The van der Waals surface area contributed by atoms with E-state index in [0.29, 0.717) is 5.92 Å². The highest BCUT2D eigenvalue weighted by molar-refractivity contribution is 6.93. The molecule has 58 heavy (non-hydrogen) atoms. The van der Waals surface area contributed by atoms with Crippen LogP contribution in [0.1, 0.15) is 166 Å². The van der Waals surface area contributed by atoms with Gasteiger partial charge in [-0.1, -0.05) is 125 Å². The van der Waals surface area contributed by atoms with E-state index in [1.165, 1.54) is 128 Å². The van der Waals surface area contributed by atoms with Crippen LogP contribution in [0.4, 0.5) is 11.4 Å². The molecule has 0 radical (unpaired) electrons. The summed E-state index contributed by atoms with van der Waals surface area (Å²) in [7, 11) is 0. The van der Waals surface area contributed by atoms with Gasteiger partial charge in [-0.15, -0.1) is 0 Å². The molecule has 2 aliphatic carbocycles. The first-order chi connectivity index (χ1) is 27.4. The summed E-state index contributed by atoms with van der Waals surface area (Å²) >= 11 is 0. The van der Waals surface area contributed by atoms with Crippen LogP contribution in [0.5, 0.6) is 0 Å². The summed E-state index contributed by atoms with van der Waals surface area (Å²) in [5, 5.41) is 2.92. The molecule has 5 aromatic carbocycles. The summed E-state index contributed by atoms with van der Waals surface area (Å²) in [6.07, 6.45) is 9.71. The highest BCUT2D eigenvalue weighted by atomic mass is 15.1. The van der Waals surface area contributed by atoms with Crippen LogP contribution in [0.2, 0.25) is 0 Å². The Morgan fingerprint density at radius 2 is 1.24 bits per heavy atom. The number of rotatable bonds is 6. The highest BCUT2D eigenvalue weighted by Gasteiger charge is 2.48. The maximum Gasteiger partial charge on any atom is 0.333 e. The number of benzene rings is 5. The first-order valence-electron chi connectivity index (χ1n) is 22.8. The summed E-state index contributed by atoms with van der Waals surface area (Å²) in [5.74, 6) is 0.374. The van der Waals surface area contributed by atoms with Crippen molar-refractivity contribution >= 4 is 51.0 Å². The van der Waals surface area contributed by atoms with Gasteiger partial charge in [0.15, 0.2) is 0 Å². The Morgan fingerprint density at radius 1 is 0.638 bits per heavy atom. The van der Waals surface area contributed by atoms with Gasteiger partial charge in [0.2, 0.25) is 0 Å². The zero-order valence-corrected chi connectivity index (χ0v) is 37.6. The van der Waals surface area contributed by atoms with Crippen molar-refractivity contribution in [3.63, 3.8) is 0 Å². The molecule has 3 heteroatoms. The largest absolute Gasteiger partial charge is 0.376 e. The lowest BCUT2D eigenvalue weighted by molar-refractivity contribution is 0.332. The van der Waals surface area contributed by atoms with E-state index in [-0.39, 0.29) is 28.5 Å². The van der Waals surface area contributed by atoms with Gasteiger partial charge >= 0.3 is 6.85 Å². The predicted octanol–water partition coefficient (Wildman–Crippen LogP) is 13.9. The van der Waals surface area contributed by atoms with Gasteiger partial charge in [0.05, 0.1) is 11.0 Å². The first-order valence-corrected chi connectivity index (χ1v) is 22.8. The minimum absolute atomic E-state index is 0.0420. The normalized spacial score (nSPS) is 19.0. The van der Waals surface area contributed by atoms with Crippen LogP contribution in [0.15, 0.2) is 72.8 Å². The van der Waals surface area contributed by atoms with Crippen molar-refractivity contribution < 1.29 is 0 Å². The van der Waals surface area contributed by atoms with Gasteiger partial charge in [-0.05, 0) is 165 Å². The number of nitrogens with zero attached hydrogens (tertiary/aromatic N) is 2. The number of hydrogen-bond donors (Lipinski definition) is 0. The zero-order chi connectivity index (χ0) is 40.8. The molecule has 4 aliphatic rings. The fourth-order valence-electron chi connectivity index (χ4n) is 11.9. The lowest BCUT2D eigenvalue weighted by Gasteiger charge is -2.46. The van der Waals surface area contributed by atoms with E-state index in [2.05, 4.69) is 165 Å². The van der Waals surface area contributed by atoms with E-state index in [0.717, 1.165) is 6.42 Å². The van der Waals surface area contributed by atoms with Gasteiger partial charge in [-0.3, -0.25) is 0 Å². The van der Waals surface area contributed by atoms with Crippen LogP contribution in [0.3, 0.4) is 0 Å². The van der Waals surface area contributed by atoms with Crippen LogP contribution < -0.4 is 15.7 Å². The summed E-state index contributed by atoms with van der Waals surface area (Å²) in [6.45, 7) is 29.4. The molecule has 0 fully saturated rings. The molecule has 0 bridgehead atoms. The molecule has 0 atom stereocenters. The standard InChI is InChI=1S/C55H65BN2/c1-13-14-15-16-35-19-22-46-38(27-35)39-28-37(33(2)3)49-40-29-41-43(54(9,10)25-23-52(41,5)6)31-47(40)57-48-32-44-42(53(7,8)24-26-55(44,11)12)30-45(48)56(50(39)51(49)57)58(46)36-20-17-34(4)18-21-36/h17-22,27-33H,13-16,23-26H2,1-12H3. The third-order valence-electron chi connectivity index (χ3n) is 15.8. The smallest absolute Gasteiger partial charge is 0.333 e. The van der Waals surface area contributed by atoms with Crippen molar-refractivity contribution in [2.75, 3.05) is 4.81 Å². The number of unbranched alkanes of at least 4 members (excludes halogenated alkanes) is 2. The summed E-state index contributed by atoms with van der Waals surface area (Å²) in [4.78, 5) is 2.74. The molecule has 2 aliphatic heterocycles. The average molecular weight is 765 g/mol. The Hall–Kier alpha value is -4.24. The Labute approximate surface area is 349 Å². The molecular formula is C55H65BN2. The van der Waals surface area contributed by atoms with Gasteiger partial charge in [0.25, 0.3) is 0 Å². The second-order valence-electron chi connectivity index (χ2n) is 22.0. The fraction of sp³-hybridized carbons (Fsp3) is 0.455. The summed E-state index contributed by atoms with van der Waals surface area (Å²) < 4.78 is 2.79. The van der Waals surface area contributed by atoms with E-state index < -0.39 is 0 Å². The Balaban J connectivity index is 1.42. The summed E-state index contributed by atoms with van der Waals surface area (Å²) in [5.41, 5.74) is 23.5. The predicted molar refractivity (Wildman–Crippen MR) is 252 cm³/mol. The van der Waals surface area contributed by atoms with E-state index >= 15 is 0 Å². The molecule has 10 rings (SSSR count). The van der Waals surface area contributed by atoms with Crippen LogP contribution >= 0.6 is 0 Å². The molecule has 6 aromatic rings. The van der Waals surface area contributed by atoms with Gasteiger partial charge in [-0.2, -0.15) is 0 Å². The third kappa shape index (κ3) is 5.36. The Kier molecular flexibility index (Phi) is 8.28. The number of aryl methyl sites for hydroxylation is 2. The van der Waals surface area contributed by atoms with E-state index in [1.54, 1.807) is 16.7 Å². The quantitative estimate of drug-likeness (QED) is 0.121. The molecule has 0 saturated carbocycles. The molecule has 3 heterocycles. The summed E-state index contributed by atoms with van der Waals surface area (Å²) in [6, 6.07) is 30.3. The van der Waals surface area contributed by atoms with Gasteiger partial charge in [0.1, 0.15) is 0 Å². The zero-order valence-electron chi connectivity index (χ0n) is 37.6. The SMILES string of the molecule is CCCCCc1ccc2c(c1)-c1cc(C(C)C)c3c4cc5c(cc4n4c3c1B(c1cc3c(cc1-4)C(C)(C)CCC3(C)C)N2c1ccc(C)cc1)C(C)(C)CCC5(C)C. The second-order valence-corrected chi connectivity index (χ2v) is 22.0. The molecule has 0 N–H and O–H groups in total. The molecule has 2 nitrogen and oxygen atoms in total. The average Bonchev–Trinajstić information content (AvgIpc) is 3.52. The van der Waals surface area contributed by atoms with Gasteiger partial charge in [-0.25, -0.2) is 0 Å². The van der Waals surface area contributed by atoms with Crippen LogP contribution in [0.25, 0.3) is 38.6 Å². The molecular weight excluding hydrogens is 699 g/mol. The van der Waals surface area contributed by atoms with Crippen molar-refractivity contribution in [1.82, 2.24) is 4.57 Å². The fourth-order valence-corrected chi connectivity index (χ4v) is 11.9. The number of fused-ring (bicyclic) bond motifs is 10. The number of anilines is 2. The van der Waals surface area contributed by atoms with Gasteiger partial charge in [0, 0.05) is 33.4 Å². The Morgan fingerprint density at radius 3 is 1.86 bits per heavy atom. The molecule has 298 valence electrons. The molecule has 0 spiro atoms. The van der Waals surface area contributed by atoms with E-state index in [1.807, 2.05) is 0 Å². The monoisotopic (exact) mass is 765 g/mol. The molecule has 1 aromatic heterocycles. The Bertz CT molecular complexity index is 2680. The molecule has 0 amide bonds. The number of aromatic nitrogens is 1. The topological polar surface area (TPSA) is 8.17 Å². The molecule has 0 unspecified atom stereocenters. The lowest BCUT2D eigenvalue weighted by Crippen LogP contribution is -2.61. The minimum Gasteiger partial charge on any atom is -0.376 e. The maximum absolute atomic E-state index is 2.79. The van der Waals surface area contributed by atoms with Crippen molar-refractivity contribution in [2.24, 2.45) is 0 Å². The van der Waals surface area contributed by atoms with Crippen LogP contribution in [0, 0.1) is 6.92 Å². The minimum atomic E-state index is 0.0420. The van der Waals surface area contributed by atoms with Gasteiger partial charge < -0.3 is 9.38 Å².